The van der Waals surface area contributed by atoms with Crippen LogP contribution in [0.3, 0.4) is 0 Å². The number of rotatable bonds is 2. The fraction of sp³-hybridized carbons (Fsp3) is 0.632. The number of hydrogen-bond donors (Lipinski definition) is 2. The first-order valence-corrected chi connectivity index (χ1v) is 8.99. The number of phenols is 1. The van der Waals surface area contributed by atoms with Gasteiger partial charge in [0.05, 0.1) is 6.04 Å². The van der Waals surface area contributed by atoms with Gasteiger partial charge in [0.1, 0.15) is 5.75 Å². The lowest BCUT2D eigenvalue weighted by Gasteiger charge is -2.37. The van der Waals surface area contributed by atoms with Crippen molar-refractivity contribution >= 4 is 11.6 Å². The smallest absolute Gasteiger partial charge is 0.198 e. The fourth-order valence-electron chi connectivity index (χ4n) is 3.95. The first-order valence-electron chi connectivity index (χ1n) is 8.99. The van der Waals surface area contributed by atoms with Gasteiger partial charge in [-0.25, -0.2) is 4.99 Å². The van der Waals surface area contributed by atoms with Crippen LogP contribution in [0, 0.1) is 11.8 Å². The van der Waals surface area contributed by atoms with E-state index in [4.69, 9.17) is 4.99 Å². The Morgan fingerprint density at radius 1 is 1.17 bits per heavy atom. The molecule has 4 nitrogen and oxygen atoms in total. The summed E-state index contributed by atoms with van der Waals surface area (Å²) in [5, 5.41) is 13.2. The molecule has 126 valence electrons. The van der Waals surface area contributed by atoms with Gasteiger partial charge in [0, 0.05) is 24.8 Å². The van der Waals surface area contributed by atoms with E-state index >= 15 is 0 Å². The Labute approximate surface area is 139 Å². The van der Waals surface area contributed by atoms with Crippen LogP contribution in [0.25, 0.3) is 0 Å². The molecule has 1 saturated heterocycles. The molecule has 0 amide bonds. The van der Waals surface area contributed by atoms with Crippen LogP contribution in [0.5, 0.6) is 5.75 Å². The normalized spacial score (nSPS) is 26.5. The van der Waals surface area contributed by atoms with E-state index in [1.54, 1.807) is 12.1 Å². The maximum atomic E-state index is 9.71. The largest absolute Gasteiger partial charge is 0.508 e. The number of nitrogens with zero attached hydrogens (tertiary/aromatic N) is 2. The molecule has 2 aliphatic rings. The van der Waals surface area contributed by atoms with Gasteiger partial charge in [0.15, 0.2) is 5.96 Å². The molecular weight excluding hydrogens is 286 g/mol. The molecule has 1 aromatic rings. The molecule has 0 bridgehead atoms. The average Bonchev–Trinajstić information content (AvgIpc) is 2.98. The summed E-state index contributed by atoms with van der Waals surface area (Å²) in [4.78, 5) is 7.45. The third-order valence-electron chi connectivity index (χ3n) is 4.90. The number of aromatic hydroxyl groups is 1. The van der Waals surface area contributed by atoms with E-state index in [9.17, 15) is 5.11 Å². The van der Waals surface area contributed by atoms with Crippen LogP contribution >= 0.6 is 0 Å². The van der Waals surface area contributed by atoms with Crippen molar-refractivity contribution in [3.05, 3.63) is 24.3 Å². The van der Waals surface area contributed by atoms with Gasteiger partial charge in [-0.3, -0.25) is 0 Å². The average molecular weight is 315 g/mol. The second-order valence-electron chi connectivity index (χ2n) is 7.42. The first-order chi connectivity index (χ1) is 11.1. The molecule has 2 atom stereocenters. The molecule has 0 spiro atoms. The molecule has 1 saturated carbocycles. The molecule has 3 rings (SSSR count). The maximum Gasteiger partial charge on any atom is 0.198 e. The highest BCUT2D eigenvalue weighted by atomic mass is 16.3. The molecule has 23 heavy (non-hydrogen) atoms. The van der Waals surface area contributed by atoms with Gasteiger partial charge in [-0.1, -0.05) is 32.8 Å². The van der Waals surface area contributed by atoms with Crippen LogP contribution < -0.4 is 5.32 Å². The number of hydrogen-bond acceptors (Lipinski definition) is 2. The summed E-state index contributed by atoms with van der Waals surface area (Å²) in [5.41, 5.74) is 0.910. The quantitative estimate of drug-likeness (QED) is 0.638. The Balaban J connectivity index is 1.81. The van der Waals surface area contributed by atoms with Crippen LogP contribution in [0.4, 0.5) is 5.69 Å². The second kappa shape index (κ2) is 7.24. The van der Waals surface area contributed by atoms with Gasteiger partial charge in [-0.05, 0) is 43.2 Å². The molecule has 1 heterocycles. The Kier molecular flexibility index (Phi) is 5.09. The summed E-state index contributed by atoms with van der Waals surface area (Å²) in [6.45, 7) is 6.76. The maximum absolute atomic E-state index is 9.71. The van der Waals surface area contributed by atoms with Crippen molar-refractivity contribution in [3.63, 3.8) is 0 Å². The van der Waals surface area contributed by atoms with Gasteiger partial charge >= 0.3 is 0 Å². The first kappa shape index (κ1) is 16.2. The van der Waals surface area contributed by atoms with E-state index in [1.165, 1.54) is 32.1 Å². The Hall–Kier alpha value is -1.71. The highest BCUT2D eigenvalue weighted by Crippen LogP contribution is 2.25. The number of aliphatic imine (C=N–C) groups is 1. The summed E-state index contributed by atoms with van der Waals surface area (Å²) < 4.78 is 0. The minimum atomic E-state index is 0.288. The number of anilines is 1. The number of guanidine groups is 1. The number of phenolic OH excluding ortho intramolecular Hbond substituents is 1. The zero-order valence-electron chi connectivity index (χ0n) is 14.3. The lowest BCUT2D eigenvalue weighted by molar-refractivity contribution is 0.212. The standard InChI is InChI=1S/C19H29N3O/c1-14-10-15(2)13-22(12-14)19(20-16-6-3-4-7-16)21-17-8-5-9-18(23)11-17/h5,8-9,11,14-16,23H,3-4,6-7,10,12-13H2,1-2H3,(H,20,21). The number of piperidine rings is 1. The van der Waals surface area contributed by atoms with Gasteiger partial charge in [-0.2, -0.15) is 0 Å². The van der Waals surface area contributed by atoms with Crippen molar-refractivity contribution < 1.29 is 5.11 Å². The summed E-state index contributed by atoms with van der Waals surface area (Å²) in [6.07, 6.45) is 6.27. The van der Waals surface area contributed by atoms with E-state index < -0.39 is 0 Å². The monoisotopic (exact) mass is 315 g/mol. The zero-order valence-corrected chi connectivity index (χ0v) is 14.3. The van der Waals surface area contributed by atoms with Gasteiger partial charge in [0.2, 0.25) is 0 Å². The van der Waals surface area contributed by atoms with Crippen LogP contribution in [0.15, 0.2) is 29.3 Å². The van der Waals surface area contributed by atoms with E-state index in [1.807, 2.05) is 12.1 Å². The van der Waals surface area contributed by atoms with Gasteiger partial charge in [0.25, 0.3) is 0 Å². The van der Waals surface area contributed by atoms with Crippen molar-refractivity contribution in [2.45, 2.75) is 52.0 Å². The molecule has 1 aliphatic carbocycles. The Morgan fingerprint density at radius 3 is 2.52 bits per heavy atom. The molecule has 2 N–H and O–H groups in total. The Bertz CT molecular complexity index is 541. The molecular formula is C19H29N3O. The minimum Gasteiger partial charge on any atom is -0.508 e. The van der Waals surface area contributed by atoms with E-state index in [0.717, 1.165) is 24.7 Å². The molecule has 2 fully saturated rings. The van der Waals surface area contributed by atoms with Gasteiger partial charge < -0.3 is 15.3 Å². The van der Waals surface area contributed by atoms with Crippen molar-refractivity contribution in [2.75, 3.05) is 18.4 Å². The predicted octanol–water partition coefficient (Wildman–Crippen LogP) is 4.08. The van der Waals surface area contributed by atoms with Crippen molar-refractivity contribution in [1.82, 2.24) is 4.90 Å². The predicted molar refractivity (Wildman–Crippen MR) is 95.9 cm³/mol. The van der Waals surface area contributed by atoms with Crippen LogP contribution in [-0.2, 0) is 0 Å². The topological polar surface area (TPSA) is 47.9 Å². The third-order valence-corrected chi connectivity index (χ3v) is 4.90. The van der Waals surface area contributed by atoms with Crippen LogP contribution in [0.2, 0.25) is 0 Å². The number of likely N-dealkylation sites (tertiary alicyclic amines) is 1. The second-order valence-corrected chi connectivity index (χ2v) is 7.42. The zero-order chi connectivity index (χ0) is 16.2. The van der Waals surface area contributed by atoms with Crippen molar-refractivity contribution in [3.8, 4) is 5.75 Å². The lowest BCUT2D eigenvalue weighted by Crippen LogP contribution is -2.46. The van der Waals surface area contributed by atoms with Crippen molar-refractivity contribution in [2.24, 2.45) is 16.8 Å². The number of nitrogens with one attached hydrogen (secondary N) is 1. The van der Waals surface area contributed by atoms with Gasteiger partial charge in [-0.15, -0.1) is 0 Å². The molecule has 1 aliphatic heterocycles. The third kappa shape index (κ3) is 4.40. The summed E-state index contributed by atoms with van der Waals surface area (Å²) in [7, 11) is 0. The highest BCUT2D eigenvalue weighted by molar-refractivity contribution is 5.94. The minimum absolute atomic E-state index is 0.288. The van der Waals surface area contributed by atoms with Crippen LogP contribution in [0.1, 0.15) is 46.0 Å². The SMILES string of the molecule is CC1CC(C)CN(C(=NC2CCCC2)Nc2cccc(O)c2)C1. The molecule has 0 radical (unpaired) electrons. The summed E-state index contributed by atoms with van der Waals surface area (Å²) in [5.74, 6) is 2.66. The summed E-state index contributed by atoms with van der Waals surface area (Å²) in [6, 6.07) is 7.76. The Morgan fingerprint density at radius 2 is 1.87 bits per heavy atom. The number of benzene rings is 1. The van der Waals surface area contributed by atoms with E-state index in [2.05, 4.69) is 24.1 Å². The molecule has 2 unspecified atom stereocenters. The highest BCUT2D eigenvalue weighted by Gasteiger charge is 2.25. The molecule has 0 aromatic heterocycles. The lowest BCUT2D eigenvalue weighted by atomic mass is 9.92. The molecule has 4 heteroatoms. The van der Waals surface area contributed by atoms with Crippen LogP contribution in [-0.4, -0.2) is 35.1 Å². The summed E-state index contributed by atoms with van der Waals surface area (Å²) >= 11 is 0. The van der Waals surface area contributed by atoms with E-state index in [-0.39, 0.29) is 5.75 Å². The van der Waals surface area contributed by atoms with E-state index in [0.29, 0.717) is 17.9 Å². The molecule has 1 aromatic carbocycles. The fourth-order valence-corrected chi connectivity index (χ4v) is 3.95. The van der Waals surface area contributed by atoms with Crippen molar-refractivity contribution in [1.29, 1.82) is 0 Å².